The topological polar surface area (TPSA) is 40.5 Å². The Labute approximate surface area is 208 Å². The highest BCUT2D eigenvalue weighted by Crippen LogP contribution is 2.39. The van der Waals surface area contributed by atoms with Gasteiger partial charge in [0.1, 0.15) is 11.5 Å². The van der Waals surface area contributed by atoms with Crippen LogP contribution in [0.2, 0.25) is 0 Å². The number of nitrogens with zero attached hydrogens (tertiary/aromatic N) is 1. The molecule has 0 fully saturated rings. The molecule has 0 aliphatic carbocycles. The number of para-hydroxylation sites is 1. The maximum atomic E-state index is 13.1. The molecule has 194 valence electrons. The van der Waals surface area contributed by atoms with Gasteiger partial charge >= 0.3 is 18.3 Å². The van der Waals surface area contributed by atoms with Crippen LogP contribution in [0.15, 0.2) is 72.9 Å². The molecule has 0 saturated carbocycles. The Hall–Kier alpha value is -3.95. The Kier molecular flexibility index (Phi) is 7.20. The summed E-state index contributed by atoms with van der Waals surface area (Å²) in [5, 5.41) is 0.903. The summed E-state index contributed by atoms with van der Waals surface area (Å²) in [5.41, 5.74) is -0.403. The van der Waals surface area contributed by atoms with Gasteiger partial charge < -0.3 is 14.0 Å². The fraction of sp³-hybridized carbons (Fsp3) is 0.222. The van der Waals surface area contributed by atoms with E-state index in [1.165, 1.54) is 12.1 Å². The molecular formula is C27H21F6NO3. The molecule has 1 heterocycles. The van der Waals surface area contributed by atoms with Gasteiger partial charge in [-0.15, -0.1) is 0 Å². The molecule has 10 heteroatoms. The molecule has 0 unspecified atom stereocenters. The van der Waals surface area contributed by atoms with Crippen molar-refractivity contribution in [3.8, 4) is 11.5 Å². The molecule has 37 heavy (non-hydrogen) atoms. The van der Waals surface area contributed by atoms with E-state index in [0.29, 0.717) is 18.7 Å². The number of carbonyl (C=O) groups excluding carboxylic acids is 1. The van der Waals surface area contributed by atoms with Crippen LogP contribution >= 0.6 is 0 Å². The van der Waals surface area contributed by atoms with Crippen LogP contribution in [0.3, 0.4) is 0 Å². The number of benzene rings is 3. The van der Waals surface area contributed by atoms with E-state index < -0.39 is 29.2 Å². The van der Waals surface area contributed by atoms with Crippen LogP contribution in [-0.4, -0.2) is 17.1 Å². The molecule has 1 aromatic heterocycles. The van der Waals surface area contributed by atoms with Crippen molar-refractivity contribution in [1.29, 1.82) is 0 Å². The van der Waals surface area contributed by atoms with Crippen molar-refractivity contribution in [3.05, 3.63) is 95.2 Å². The van der Waals surface area contributed by atoms with Crippen LogP contribution in [0.1, 0.15) is 29.2 Å². The summed E-state index contributed by atoms with van der Waals surface area (Å²) >= 11 is 0. The van der Waals surface area contributed by atoms with Crippen molar-refractivity contribution in [2.45, 2.75) is 32.2 Å². The summed E-state index contributed by atoms with van der Waals surface area (Å²) in [6.45, 7) is 2.42. The average molecular weight is 521 g/mol. The van der Waals surface area contributed by atoms with Crippen molar-refractivity contribution in [3.63, 3.8) is 0 Å². The second kappa shape index (κ2) is 10.2. The molecule has 0 radical (unpaired) electrons. The summed E-state index contributed by atoms with van der Waals surface area (Å²) in [4.78, 5) is 12.0. The lowest BCUT2D eigenvalue weighted by Gasteiger charge is -2.15. The predicted molar refractivity (Wildman–Crippen MR) is 124 cm³/mol. The molecular weight excluding hydrogens is 500 g/mol. The van der Waals surface area contributed by atoms with Crippen LogP contribution in [0, 0.1) is 0 Å². The zero-order chi connectivity index (χ0) is 26.8. The van der Waals surface area contributed by atoms with E-state index in [4.69, 9.17) is 9.47 Å². The molecule has 0 aliphatic rings. The molecule has 0 N–H and O–H groups in total. The zero-order valence-electron chi connectivity index (χ0n) is 19.5. The van der Waals surface area contributed by atoms with Gasteiger partial charge in [0.2, 0.25) is 0 Å². The van der Waals surface area contributed by atoms with Gasteiger partial charge in [-0.3, -0.25) is 4.79 Å². The first-order valence-corrected chi connectivity index (χ1v) is 11.2. The number of fused-ring (bicyclic) bond motifs is 1. The first kappa shape index (κ1) is 26.1. The normalized spacial score (nSPS) is 12.1. The highest BCUT2D eigenvalue weighted by atomic mass is 19.4. The van der Waals surface area contributed by atoms with Crippen LogP contribution in [0.4, 0.5) is 26.3 Å². The minimum Gasteiger partial charge on any atom is -0.466 e. The predicted octanol–water partition coefficient (Wildman–Crippen LogP) is 7.63. The van der Waals surface area contributed by atoms with Crippen molar-refractivity contribution in [1.82, 2.24) is 4.57 Å². The van der Waals surface area contributed by atoms with Crippen LogP contribution in [-0.2, 0) is 34.8 Å². The molecule has 0 spiro atoms. The van der Waals surface area contributed by atoms with Gasteiger partial charge in [0.15, 0.2) is 0 Å². The Bertz CT molecular complexity index is 1370. The number of hydrogen-bond acceptors (Lipinski definition) is 3. The molecule has 3 aromatic carbocycles. The number of halogens is 6. The fourth-order valence-corrected chi connectivity index (χ4v) is 3.94. The van der Waals surface area contributed by atoms with Gasteiger partial charge in [0, 0.05) is 23.6 Å². The van der Waals surface area contributed by atoms with Crippen LogP contribution in [0.25, 0.3) is 10.9 Å². The van der Waals surface area contributed by atoms with Crippen molar-refractivity contribution < 1.29 is 40.6 Å². The number of rotatable bonds is 7. The van der Waals surface area contributed by atoms with Gasteiger partial charge in [-0.1, -0.05) is 30.3 Å². The maximum absolute atomic E-state index is 13.1. The largest absolute Gasteiger partial charge is 0.466 e. The Morgan fingerprint density at radius 1 is 0.838 bits per heavy atom. The minimum atomic E-state index is -4.96. The molecule has 0 saturated heterocycles. The molecule has 0 amide bonds. The number of alkyl halides is 6. The highest BCUT2D eigenvalue weighted by molar-refractivity contribution is 5.88. The second-order valence-electron chi connectivity index (χ2n) is 8.27. The molecule has 4 rings (SSSR count). The average Bonchev–Trinajstić information content (AvgIpc) is 3.16. The zero-order valence-corrected chi connectivity index (χ0v) is 19.5. The van der Waals surface area contributed by atoms with Crippen LogP contribution < -0.4 is 4.74 Å². The number of carbonyl (C=O) groups is 1. The Morgan fingerprint density at radius 2 is 1.46 bits per heavy atom. The van der Waals surface area contributed by atoms with Gasteiger partial charge in [-0.2, -0.15) is 26.3 Å². The first-order chi connectivity index (χ1) is 17.4. The standard InChI is InChI=1S/C27H21F6NO3/c1-2-36-25(35)11-18-16-34(24-6-4-3-5-23(18)24)15-17-7-9-21(10-8-17)37-22-13-19(26(28,29)30)12-20(14-22)27(31,32)33/h3-10,12-14,16H,2,11,15H2,1H3. The van der Waals surface area contributed by atoms with E-state index >= 15 is 0 Å². The van der Waals surface area contributed by atoms with E-state index in [1.807, 2.05) is 35.0 Å². The number of aromatic nitrogens is 1. The lowest BCUT2D eigenvalue weighted by atomic mass is 10.1. The molecule has 4 aromatic rings. The SMILES string of the molecule is CCOC(=O)Cc1cn(Cc2ccc(Oc3cc(C(F)(F)F)cc(C(F)(F)F)c3)cc2)c2ccccc12. The third-order valence-corrected chi connectivity index (χ3v) is 5.58. The number of ether oxygens (including phenoxy) is 2. The summed E-state index contributed by atoms with van der Waals surface area (Å²) in [6, 6.07) is 14.9. The van der Waals surface area contributed by atoms with Crippen molar-refractivity contribution in [2.24, 2.45) is 0 Å². The summed E-state index contributed by atoms with van der Waals surface area (Å²) in [5.74, 6) is -0.832. The fourth-order valence-electron chi connectivity index (χ4n) is 3.94. The van der Waals surface area contributed by atoms with Gasteiger partial charge in [-0.25, -0.2) is 0 Å². The minimum absolute atomic E-state index is 0.0492. The highest BCUT2D eigenvalue weighted by Gasteiger charge is 2.37. The van der Waals surface area contributed by atoms with Gasteiger partial charge in [0.25, 0.3) is 0 Å². The summed E-state index contributed by atoms with van der Waals surface area (Å²) in [7, 11) is 0. The molecule has 0 atom stereocenters. The lowest BCUT2D eigenvalue weighted by Crippen LogP contribution is -2.11. The molecule has 0 aliphatic heterocycles. The summed E-state index contributed by atoms with van der Waals surface area (Å²) in [6.07, 6.45) is -7.96. The number of esters is 1. The second-order valence-corrected chi connectivity index (χ2v) is 8.27. The van der Waals surface area contributed by atoms with Gasteiger partial charge in [-0.05, 0) is 54.4 Å². The van der Waals surface area contributed by atoms with Gasteiger partial charge in [0.05, 0.1) is 24.2 Å². The first-order valence-electron chi connectivity index (χ1n) is 11.2. The van der Waals surface area contributed by atoms with E-state index in [9.17, 15) is 31.1 Å². The molecule has 4 nitrogen and oxygen atoms in total. The maximum Gasteiger partial charge on any atom is 0.416 e. The van der Waals surface area contributed by atoms with E-state index in [1.54, 1.807) is 19.1 Å². The van der Waals surface area contributed by atoms with E-state index in [0.717, 1.165) is 22.0 Å². The number of hydrogen-bond donors (Lipinski definition) is 0. The summed E-state index contributed by atoms with van der Waals surface area (Å²) < 4.78 is 91.0. The lowest BCUT2D eigenvalue weighted by molar-refractivity contribution is -0.144. The smallest absolute Gasteiger partial charge is 0.416 e. The van der Waals surface area contributed by atoms with Crippen LogP contribution in [0.5, 0.6) is 11.5 Å². The van der Waals surface area contributed by atoms with Crippen molar-refractivity contribution >= 4 is 16.9 Å². The monoisotopic (exact) mass is 521 g/mol. The van der Waals surface area contributed by atoms with E-state index in [-0.39, 0.29) is 30.8 Å². The quantitative estimate of drug-likeness (QED) is 0.186. The Morgan fingerprint density at radius 3 is 2.05 bits per heavy atom. The van der Waals surface area contributed by atoms with Crippen molar-refractivity contribution in [2.75, 3.05) is 6.61 Å². The third kappa shape index (κ3) is 6.25. The molecule has 0 bridgehead atoms. The van der Waals surface area contributed by atoms with E-state index in [2.05, 4.69) is 0 Å². The third-order valence-electron chi connectivity index (χ3n) is 5.58. The Balaban J connectivity index is 1.56.